The van der Waals surface area contributed by atoms with Gasteiger partial charge in [-0.25, -0.2) is 0 Å². The van der Waals surface area contributed by atoms with Crippen LogP contribution in [0.15, 0.2) is 0 Å². The maximum Gasteiger partial charge on any atom is 0.310 e. The zero-order valence-electron chi connectivity index (χ0n) is 12.4. The summed E-state index contributed by atoms with van der Waals surface area (Å²) in [6, 6.07) is -0.706. The average molecular weight is 324 g/mol. The molecule has 0 aliphatic carbocycles. The van der Waals surface area contributed by atoms with Crippen molar-refractivity contribution >= 4 is 16.2 Å². The number of hydrogen-bond acceptors (Lipinski definition) is 6. The Kier molecular flexibility index (Phi) is 7.53. The van der Waals surface area contributed by atoms with E-state index in [4.69, 9.17) is 14.6 Å². The normalized spacial score (nSPS) is 22.0. The fourth-order valence-corrected chi connectivity index (χ4v) is 3.68. The summed E-state index contributed by atoms with van der Waals surface area (Å²) in [7, 11) is -2.34. The lowest BCUT2D eigenvalue weighted by atomic mass is 10.0. The predicted molar refractivity (Wildman–Crippen MR) is 75.7 cm³/mol. The number of aliphatic hydroxyl groups excluding tert-OH is 1. The van der Waals surface area contributed by atoms with E-state index in [0.29, 0.717) is 19.4 Å². The maximum atomic E-state index is 12.3. The molecule has 0 aromatic rings. The van der Waals surface area contributed by atoms with Gasteiger partial charge in [0.1, 0.15) is 0 Å². The first-order valence-electron chi connectivity index (χ1n) is 6.98. The lowest BCUT2D eigenvalue weighted by Crippen LogP contribution is -2.52. The molecule has 124 valence electrons. The van der Waals surface area contributed by atoms with Gasteiger partial charge in [-0.1, -0.05) is 0 Å². The molecule has 0 saturated carbocycles. The minimum absolute atomic E-state index is 0.0743. The number of esters is 1. The molecular weight excluding hydrogens is 300 g/mol. The lowest BCUT2D eigenvalue weighted by molar-refractivity contribution is -0.149. The number of hydrogen-bond donors (Lipinski definition) is 2. The van der Waals surface area contributed by atoms with Crippen LogP contribution in [0.2, 0.25) is 0 Å². The van der Waals surface area contributed by atoms with Gasteiger partial charge in [0, 0.05) is 20.2 Å². The van der Waals surface area contributed by atoms with Crippen molar-refractivity contribution < 1.29 is 27.8 Å². The Bertz CT molecular complexity index is 427. The molecule has 1 heterocycles. The van der Waals surface area contributed by atoms with Crippen LogP contribution in [0.5, 0.6) is 0 Å². The molecule has 21 heavy (non-hydrogen) atoms. The van der Waals surface area contributed by atoms with E-state index in [1.807, 2.05) is 0 Å². The van der Waals surface area contributed by atoms with Gasteiger partial charge in [-0.3, -0.25) is 4.79 Å². The second kappa shape index (κ2) is 8.64. The van der Waals surface area contributed by atoms with Crippen LogP contribution in [0, 0.1) is 5.92 Å². The van der Waals surface area contributed by atoms with Crippen molar-refractivity contribution in [2.24, 2.45) is 5.92 Å². The minimum Gasteiger partial charge on any atom is -0.466 e. The first-order valence-corrected chi connectivity index (χ1v) is 8.42. The Balaban J connectivity index is 2.67. The number of carbonyl (C=O) groups is 1. The first-order chi connectivity index (χ1) is 9.94. The number of piperidine rings is 1. The van der Waals surface area contributed by atoms with Gasteiger partial charge >= 0.3 is 5.97 Å². The molecule has 1 aliphatic heterocycles. The van der Waals surface area contributed by atoms with E-state index in [1.54, 1.807) is 6.92 Å². The molecule has 0 amide bonds. The zero-order valence-corrected chi connectivity index (χ0v) is 13.3. The maximum absolute atomic E-state index is 12.3. The average Bonchev–Trinajstić information content (AvgIpc) is 2.47. The van der Waals surface area contributed by atoms with E-state index in [9.17, 15) is 13.2 Å². The number of nitrogens with one attached hydrogen (secondary N) is 1. The summed E-state index contributed by atoms with van der Waals surface area (Å²) in [6.07, 6.45) is 1.21. The molecule has 8 nitrogen and oxygen atoms in total. The van der Waals surface area contributed by atoms with Gasteiger partial charge in [-0.05, 0) is 19.8 Å². The van der Waals surface area contributed by atoms with Crippen LogP contribution in [0.1, 0.15) is 19.8 Å². The molecule has 0 aromatic carbocycles. The van der Waals surface area contributed by atoms with Gasteiger partial charge in [0.05, 0.1) is 31.8 Å². The lowest BCUT2D eigenvalue weighted by Gasteiger charge is -2.31. The standard InChI is InChI=1S/C12H24N2O6S/c1-3-20-12(16)10-5-4-6-14(7-10)21(17,18)13-11(8-15)9-19-2/h10-11,13,15H,3-9H2,1-2H3. The summed E-state index contributed by atoms with van der Waals surface area (Å²) < 4.78 is 37.9. The number of carbonyl (C=O) groups excluding carboxylic acids is 1. The molecule has 2 N–H and O–H groups in total. The quantitative estimate of drug-likeness (QED) is 0.561. The number of ether oxygens (including phenoxy) is 2. The summed E-state index contributed by atoms with van der Waals surface area (Å²) in [5.41, 5.74) is 0. The predicted octanol–water partition coefficient (Wildman–Crippen LogP) is -0.897. The molecule has 0 spiro atoms. The van der Waals surface area contributed by atoms with Crippen LogP contribution in [0.3, 0.4) is 0 Å². The molecule has 1 aliphatic rings. The molecule has 9 heteroatoms. The SMILES string of the molecule is CCOC(=O)C1CCCN(S(=O)(=O)NC(CO)COC)C1. The summed E-state index contributed by atoms with van der Waals surface area (Å²) in [5.74, 6) is -0.807. The van der Waals surface area contributed by atoms with Gasteiger partial charge in [-0.2, -0.15) is 17.4 Å². The molecule has 0 aromatic heterocycles. The number of aliphatic hydroxyl groups is 1. The topological polar surface area (TPSA) is 105 Å². The second-order valence-corrected chi connectivity index (χ2v) is 6.61. The van der Waals surface area contributed by atoms with Crippen LogP contribution in [-0.4, -0.2) is 69.9 Å². The Morgan fingerprint density at radius 1 is 1.52 bits per heavy atom. The minimum atomic E-state index is -3.76. The van der Waals surface area contributed by atoms with Crippen molar-refractivity contribution in [3.05, 3.63) is 0 Å². The van der Waals surface area contributed by atoms with Gasteiger partial charge in [0.15, 0.2) is 0 Å². The van der Waals surface area contributed by atoms with Crippen LogP contribution in [-0.2, 0) is 24.5 Å². The van der Waals surface area contributed by atoms with Crippen molar-refractivity contribution in [2.75, 3.05) is 40.0 Å². The summed E-state index contributed by atoms with van der Waals surface area (Å²) in [4.78, 5) is 11.7. The summed E-state index contributed by atoms with van der Waals surface area (Å²) >= 11 is 0. The Labute approximate surface area is 125 Å². The zero-order chi connectivity index (χ0) is 15.9. The Morgan fingerprint density at radius 2 is 2.24 bits per heavy atom. The summed E-state index contributed by atoms with van der Waals surface area (Å²) in [6.45, 7) is 2.15. The largest absolute Gasteiger partial charge is 0.466 e. The van der Waals surface area contributed by atoms with Crippen molar-refractivity contribution in [2.45, 2.75) is 25.8 Å². The smallest absolute Gasteiger partial charge is 0.310 e. The van der Waals surface area contributed by atoms with Crippen LogP contribution in [0.4, 0.5) is 0 Å². The fourth-order valence-electron chi connectivity index (χ4n) is 2.22. The molecule has 0 radical (unpaired) electrons. The molecule has 0 bridgehead atoms. The van der Waals surface area contributed by atoms with E-state index in [0.717, 1.165) is 0 Å². The van der Waals surface area contributed by atoms with E-state index in [-0.39, 0.29) is 32.3 Å². The van der Waals surface area contributed by atoms with Gasteiger partial charge in [0.2, 0.25) is 0 Å². The third-order valence-corrected chi connectivity index (χ3v) is 4.89. The van der Waals surface area contributed by atoms with E-state index in [2.05, 4.69) is 4.72 Å². The third kappa shape index (κ3) is 5.51. The van der Waals surface area contributed by atoms with Crippen molar-refractivity contribution in [3.63, 3.8) is 0 Å². The van der Waals surface area contributed by atoms with Crippen LogP contribution >= 0.6 is 0 Å². The van der Waals surface area contributed by atoms with Crippen molar-refractivity contribution in [1.82, 2.24) is 9.03 Å². The fraction of sp³-hybridized carbons (Fsp3) is 0.917. The molecule has 1 saturated heterocycles. The highest BCUT2D eigenvalue weighted by Gasteiger charge is 2.34. The van der Waals surface area contributed by atoms with Crippen molar-refractivity contribution in [3.8, 4) is 0 Å². The van der Waals surface area contributed by atoms with Gasteiger partial charge in [0.25, 0.3) is 10.2 Å². The second-order valence-electron chi connectivity index (χ2n) is 4.91. The highest BCUT2D eigenvalue weighted by molar-refractivity contribution is 7.87. The van der Waals surface area contributed by atoms with Crippen LogP contribution in [0.25, 0.3) is 0 Å². The highest BCUT2D eigenvalue weighted by Crippen LogP contribution is 2.20. The molecule has 2 unspecified atom stereocenters. The van der Waals surface area contributed by atoms with Crippen molar-refractivity contribution in [1.29, 1.82) is 0 Å². The third-order valence-electron chi connectivity index (χ3n) is 3.25. The molecule has 2 atom stereocenters. The monoisotopic (exact) mass is 324 g/mol. The molecular formula is C12H24N2O6S. The highest BCUT2D eigenvalue weighted by atomic mass is 32.2. The Morgan fingerprint density at radius 3 is 2.81 bits per heavy atom. The Hall–Kier alpha value is -0.740. The van der Waals surface area contributed by atoms with E-state index >= 15 is 0 Å². The van der Waals surface area contributed by atoms with Gasteiger partial charge in [-0.15, -0.1) is 0 Å². The number of methoxy groups -OCH3 is 1. The summed E-state index contributed by atoms with van der Waals surface area (Å²) in [5, 5.41) is 9.13. The number of rotatable bonds is 8. The van der Waals surface area contributed by atoms with E-state index < -0.39 is 22.2 Å². The first kappa shape index (κ1) is 18.3. The van der Waals surface area contributed by atoms with E-state index in [1.165, 1.54) is 11.4 Å². The number of nitrogens with zero attached hydrogens (tertiary/aromatic N) is 1. The van der Waals surface area contributed by atoms with Gasteiger partial charge < -0.3 is 14.6 Å². The molecule has 1 rings (SSSR count). The molecule has 1 fully saturated rings. The van der Waals surface area contributed by atoms with Crippen LogP contribution < -0.4 is 4.72 Å².